The lowest BCUT2D eigenvalue weighted by molar-refractivity contribution is -0.123. The summed E-state index contributed by atoms with van der Waals surface area (Å²) >= 11 is 0. The zero-order chi connectivity index (χ0) is 13.9. The number of nitrogens with one attached hydrogen (secondary N) is 2. The number of nitrogens with zero attached hydrogens (tertiary/aromatic N) is 1. The second-order valence-corrected chi connectivity index (χ2v) is 7.09. The number of hydrogen-bond acceptors (Lipinski definition) is 3. The standard InChI is InChI=1S/C16H29N3O/c1-12-5-2-3-7-14(12)18-16(20)11-19-9-13-6-4-8-17-15(13)10-19/h12-15,17H,2-11H2,1H3,(H,18,20)/t12?,13-,14?,15+/m0/s1. The van der Waals surface area contributed by atoms with Crippen molar-refractivity contribution in [2.24, 2.45) is 11.8 Å². The van der Waals surface area contributed by atoms with Gasteiger partial charge in [0.15, 0.2) is 0 Å². The summed E-state index contributed by atoms with van der Waals surface area (Å²) in [5.41, 5.74) is 0. The molecule has 0 aromatic rings. The highest BCUT2D eigenvalue weighted by molar-refractivity contribution is 5.78. The SMILES string of the molecule is CC1CCCCC1NC(=O)CN1C[C@@H]2CCCN[C@@H]2C1. The van der Waals surface area contributed by atoms with E-state index in [1.54, 1.807) is 0 Å². The minimum atomic E-state index is 0.238. The van der Waals surface area contributed by atoms with E-state index in [1.807, 2.05) is 0 Å². The van der Waals surface area contributed by atoms with Crippen molar-refractivity contribution in [1.29, 1.82) is 0 Å². The predicted octanol–water partition coefficient (Wildman–Crippen LogP) is 1.37. The number of carbonyl (C=O) groups is 1. The van der Waals surface area contributed by atoms with Gasteiger partial charge in [0, 0.05) is 25.2 Å². The summed E-state index contributed by atoms with van der Waals surface area (Å²) in [6.07, 6.45) is 7.65. The molecule has 2 saturated heterocycles. The highest BCUT2D eigenvalue weighted by Crippen LogP contribution is 2.25. The second kappa shape index (κ2) is 6.44. The van der Waals surface area contributed by atoms with Gasteiger partial charge in [0.2, 0.25) is 5.91 Å². The maximum Gasteiger partial charge on any atom is 0.234 e. The maximum atomic E-state index is 12.2. The lowest BCUT2D eigenvalue weighted by Gasteiger charge is -2.30. The fraction of sp³-hybridized carbons (Fsp3) is 0.938. The number of rotatable bonds is 3. The van der Waals surface area contributed by atoms with Gasteiger partial charge in [0.25, 0.3) is 0 Å². The highest BCUT2D eigenvalue weighted by atomic mass is 16.2. The molecule has 0 spiro atoms. The Morgan fingerprint density at radius 3 is 2.85 bits per heavy atom. The molecule has 3 fully saturated rings. The van der Waals surface area contributed by atoms with E-state index < -0.39 is 0 Å². The molecule has 2 N–H and O–H groups in total. The third-order valence-corrected chi connectivity index (χ3v) is 5.50. The van der Waals surface area contributed by atoms with Gasteiger partial charge in [-0.2, -0.15) is 0 Å². The number of piperidine rings is 1. The molecule has 20 heavy (non-hydrogen) atoms. The van der Waals surface area contributed by atoms with Crippen molar-refractivity contribution in [3.05, 3.63) is 0 Å². The Labute approximate surface area is 122 Å². The average Bonchev–Trinajstić information content (AvgIpc) is 2.83. The Hall–Kier alpha value is -0.610. The van der Waals surface area contributed by atoms with Gasteiger partial charge in [-0.1, -0.05) is 19.8 Å². The molecule has 2 heterocycles. The van der Waals surface area contributed by atoms with Crippen molar-refractivity contribution in [3.8, 4) is 0 Å². The molecule has 4 nitrogen and oxygen atoms in total. The Bertz CT molecular complexity index is 333. The summed E-state index contributed by atoms with van der Waals surface area (Å²) < 4.78 is 0. The van der Waals surface area contributed by atoms with E-state index in [0.29, 0.717) is 24.5 Å². The Kier molecular flexibility index (Phi) is 4.61. The molecule has 4 heteroatoms. The molecule has 0 bridgehead atoms. The molecule has 114 valence electrons. The van der Waals surface area contributed by atoms with Crippen molar-refractivity contribution < 1.29 is 4.79 Å². The molecular formula is C16H29N3O. The van der Waals surface area contributed by atoms with Crippen LogP contribution in [0.15, 0.2) is 0 Å². The van der Waals surface area contributed by atoms with Gasteiger partial charge in [-0.3, -0.25) is 9.69 Å². The first-order valence-corrected chi connectivity index (χ1v) is 8.47. The van der Waals surface area contributed by atoms with Crippen LogP contribution in [-0.2, 0) is 4.79 Å². The molecule has 0 radical (unpaired) electrons. The minimum absolute atomic E-state index is 0.238. The van der Waals surface area contributed by atoms with E-state index in [-0.39, 0.29) is 5.91 Å². The number of likely N-dealkylation sites (tertiary alicyclic amines) is 1. The fourth-order valence-corrected chi connectivity index (χ4v) is 4.25. The van der Waals surface area contributed by atoms with Crippen LogP contribution in [0.5, 0.6) is 0 Å². The second-order valence-electron chi connectivity index (χ2n) is 7.09. The van der Waals surface area contributed by atoms with E-state index in [2.05, 4.69) is 22.5 Å². The average molecular weight is 279 g/mol. The van der Waals surface area contributed by atoms with Gasteiger partial charge >= 0.3 is 0 Å². The molecule has 1 saturated carbocycles. The van der Waals surface area contributed by atoms with Gasteiger partial charge in [0.05, 0.1) is 6.54 Å². The summed E-state index contributed by atoms with van der Waals surface area (Å²) in [6, 6.07) is 1.05. The topological polar surface area (TPSA) is 44.4 Å². The monoisotopic (exact) mass is 279 g/mol. The zero-order valence-electron chi connectivity index (χ0n) is 12.7. The molecule has 4 atom stereocenters. The van der Waals surface area contributed by atoms with Crippen LogP contribution in [0.25, 0.3) is 0 Å². The number of amides is 1. The Balaban J connectivity index is 1.44. The molecule has 2 unspecified atom stereocenters. The summed E-state index contributed by atoms with van der Waals surface area (Å²) in [6.45, 7) is 6.18. The van der Waals surface area contributed by atoms with Crippen molar-refractivity contribution >= 4 is 5.91 Å². The Morgan fingerprint density at radius 2 is 2.05 bits per heavy atom. The number of carbonyl (C=O) groups excluding carboxylic acids is 1. The van der Waals surface area contributed by atoms with Crippen molar-refractivity contribution in [2.45, 2.75) is 57.5 Å². The fourth-order valence-electron chi connectivity index (χ4n) is 4.25. The predicted molar refractivity (Wildman–Crippen MR) is 80.5 cm³/mol. The van der Waals surface area contributed by atoms with Gasteiger partial charge < -0.3 is 10.6 Å². The van der Waals surface area contributed by atoms with Crippen LogP contribution in [0.1, 0.15) is 45.4 Å². The van der Waals surface area contributed by atoms with Gasteiger partial charge in [-0.25, -0.2) is 0 Å². The molecule has 3 aliphatic rings. The van der Waals surface area contributed by atoms with E-state index in [9.17, 15) is 4.79 Å². The summed E-state index contributed by atoms with van der Waals surface area (Å²) in [5.74, 6) is 1.66. The van der Waals surface area contributed by atoms with E-state index >= 15 is 0 Å². The molecule has 0 aromatic heterocycles. The maximum absolute atomic E-state index is 12.2. The first-order chi connectivity index (χ1) is 9.72. The van der Waals surface area contributed by atoms with E-state index in [4.69, 9.17) is 0 Å². The van der Waals surface area contributed by atoms with Crippen LogP contribution < -0.4 is 10.6 Å². The van der Waals surface area contributed by atoms with Crippen LogP contribution in [0.4, 0.5) is 0 Å². The largest absolute Gasteiger partial charge is 0.352 e. The smallest absolute Gasteiger partial charge is 0.234 e. The van der Waals surface area contributed by atoms with Crippen molar-refractivity contribution in [2.75, 3.05) is 26.2 Å². The summed E-state index contributed by atoms with van der Waals surface area (Å²) in [5, 5.41) is 6.88. The van der Waals surface area contributed by atoms with Gasteiger partial charge in [-0.15, -0.1) is 0 Å². The first kappa shape index (κ1) is 14.3. The van der Waals surface area contributed by atoms with E-state index in [1.165, 1.54) is 38.5 Å². The molecule has 1 aliphatic carbocycles. The van der Waals surface area contributed by atoms with Crippen LogP contribution in [0.2, 0.25) is 0 Å². The quantitative estimate of drug-likeness (QED) is 0.820. The normalized spacial score (nSPS) is 38.5. The first-order valence-electron chi connectivity index (χ1n) is 8.47. The lowest BCUT2D eigenvalue weighted by atomic mass is 9.86. The van der Waals surface area contributed by atoms with Crippen molar-refractivity contribution in [1.82, 2.24) is 15.5 Å². The zero-order valence-corrected chi connectivity index (χ0v) is 12.7. The molecular weight excluding hydrogens is 250 g/mol. The number of hydrogen-bond donors (Lipinski definition) is 2. The van der Waals surface area contributed by atoms with Gasteiger partial charge in [0.1, 0.15) is 0 Å². The summed E-state index contributed by atoms with van der Waals surface area (Å²) in [4.78, 5) is 14.6. The third kappa shape index (κ3) is 3.34. The molecule has 3 rings (SSSR count). The molecule has 1 amide bonds. The van der Waals surface area contributed by atoms with Crippen molar-refractivity contribution in [3.63, 3.8) is 0 Å². The third-order valence-electron chi connectivity index (χ3n) is 5.50. The van der Waals surface area contributed by atoms with Crippen LogP contribution in [0.3, 0.4) is 0 Å². The molecule has 2 aliphatic heterocycles. The lowest BCUT2D eigenvalue weighted by Crippen LogP contribution is -2.45. The summed E-state index contributed by atoms with van der Waals surface area (Å²) in [7, 11) is 0. The molecule has 0 aromatic carbocycles. The van der Waals surface area contributed by atoms with Crippen LogP contribution in [-0.4, -0.2) is 49.1 Å². The minimum Gasteiger partial charge on any atom is -0.352 e. The van der Waals surface area contributed by atoms with Crippen LogP contribution >= 0.6 is 0 Å². The van der Waals surface area contributed by atoms with E-state index in [0.717, 1.165) is 25.6 Å². The number of fused-ring (bicyclic) bond motifs is 1. The highest BCUT2D eigenvalue weighted by Gasteiger charge is 2.35. The van der Waals surface area contributed by atoms with Gasteiger partial charge in [-0.05, 0) is 44.1 Å². The van der Waals surface area contributed by atoms with Crippen LogP contribution in [0, 0.1) is 11.8 Å². The Morgan fingerprint density at radius 1 is 1.20 bits per heavy atom.